The van der Waals surface area contributed by atoms with Crippen molar-refractivity contribution in [3.8, 4) is 0 Å². The summed E-state index contributed by atoms with van der Waals surface area (Å²) in [6, 6.07) is 7.85. The van der Waals surface area contributed by atoms with Crippen LogP contribution in [0.2, 0.25) is 0 Å². The van der Waals surface area contributed by atoms with Gasteiger partial charge < -0.3 is 15.5 Å². The molecule has 0 saturated heterocycles. The van der Waals surface area contributed by atoms with Crippen LogP contribution in [-0.4, -0.2) is 28.3 Å². The van der Waals surface area contributed by atoms with Crippen LogP contribution in [0.4, 0.5) is 5.69 Å². The molecule has 0 fully saturated rings. The number of aliphatic hydroxyl groups is 1. The summed E-state index contributed by atoms with van der Waals surface area (Å²) in [6.45, 7) is 3.42. The number of aryl methyl sites for hydroxylation is 1. The van der Waals surface area contributed by atoms with Crippen LogP contribution < -0.4 is 5.32 Å². The number of aliphatic carboxylic acids is 1. The van der Waals surface area contributed by atoms with Crippen molar-refractivity contribution in [3.05, 3.63) is 29.8 Å². The third kappa shape index (κ3) is 4.37. The normalized spacial score (nSPS) is 13.9. The minimum Gasteiger partial charge on any atom is -0.479 e. The molecule has 1 aromatic carbocycles. The summed E-state index contributed by atoms with van der Waals surface area (Å²) in [6.07, 6.45) is 3.39. The molecule has 0 radical (unpaired) electrons. The maximum absolute atomic E-state index is 10.7. The summed E-state index contributed by atoms with van der Waals surface area (Å²) >= 11 is 0. The average molecular weight is 251 g/mol. The largest absolute Gasteiger partial charge is 0.479 e. The first kappa shape index (κ1) is 14.5. The van der Waals surface area contributed by atoms with Gasteiger partial charge in [0.15, 0.2) is 5.60 Å². The second-order valence-electron chi connectivity index (χ2n) is 4.73. The Morgan fingerprint density at radius 3 is 2.44 bits per heavy atom. The molecule has 0 spiro atoms. The van der Waals surface area contributed by atoms with E-state index < -0.39 is 11.6 Å². The highest BCUT2D eigenvalue weighted by molar-refractivity contribution is 5.77. The van der Waals surface area contributed by atoms with E-state index in [2.05, 4.69) is 12.2 Å². The molecule has 0 aliphatic rings. The molecule has 1 aromatic rings. The zero-order chi connectivity index (χ0) is 13.6. The SMILES string of the molecule is CCCCc1ccc(NCC(C)(O)C(=O)O)cc1. The molecule has 3 N–H and O–H groups in total. The number of anilines is 1. The van der Waals surface area contributed by atoms with Crippen molar-refractivity contribution < 1.29 is 15.0 Å². The fourth-order valence-electron chi connectivity index (χ4n) is 1.52. The van der Waals surface area contributed by atoms with Crippen LogP contribution in [0.5, 0.6) is 0 Å². The number of nitrogens with one attached hydrogen (secondary N) is 1. The first-order valence-electron chi connectivity index (χ1n) is 6.24. The zero-order valence-electron chi connectivity index (χ0n) is 10.9. The van der Waals surface area contributed by atoms with Crippen LogP contribution in [0.25, 0.3) is 0 Å². The number of carboxylic acid groups (broad SMARTS) is 1. The predicted octanol–water partition coefficient (Wildman–Crippen LogP) is 2.28. The van der Waals surface area contributed by atoms with Crippen molar-refractivity contribution in [3.63, 3.8) is 0 Å². The van der Waals surface area contributed by atoms with Gasteiger partial charge >= 0.3 is 5.97 Å². The Labute approximate surface area is 108 Å². The Bertz CT molecular complexity index is 385. The van der Waals surface area contributed by atoms with Crippen LogP contribution in [0.15, 0.2) is 24.3 Å². The van der Waals surface area contributed by atoms with E-state index in [0.29, 0.717) is 0 Å². The molecule has 18 heavy (non-hydrogen) atoms. The zero-order valence-corrected chi connectivity index (χ0v) is 10.9. The lowest BCUT2D eigenvalue weighted by Gasteiger charge is -2.19. The van der Waals surface area contributed by atoms with Crippen LogP contribution in [-0.2, 0) is 11.2 Å². The molecule has 0 saturated carbocycles. The van der Waals surface area contributed by atoms with E-state index in [1.165, 1.54) is 25.3 Å². The lowest BCUT2D eigenvalue weighted by molar-refractivity contribution is -0.155. The molecule has 0 aromatic heterocycles. The molecular weight excluding hydrogens is 230 g/mol. The second kappa shape index (κ2) is 6.40. The summed E-state index contributed by atoms with van der Waals surface area (Å²) < 4.78 is 0. The molecular formula is C14H21NO3. The van der Waals surface area contributed by atoms with Crippen molar-refractivity contribution in [2.24, 2.45) is 0 Å². The van der Waals surface area contributed by atoms with Gasteiger partial charge in [-0.1, -0.05) is 25.5 Å². The first-order chi connectivity index (χ1) is 8.45. The van der Waals surface area contributed by atoms with E-state index in [4.69, 9.17) is 5.11 Å². The first-order valence-corrected chi connectivity index (χ1v) is 6.24. The number of rotatable bonds is 7. The summed E-state index contributed by atoms with van der Waals surface area (Å²) in [5, 5.41) is 21.3. The Morgan fingerprint density at radius 1 is 1.33 bits per heavy atom. The number of carbonyl (C=O) groups is 1. The van der Waals surface area contributed by atoms with Gasteiger partial charge in [-0.25, -0.2) is 4.79 Å². The standard InChI is InChI=1S/C14H21NO3/c1-3-4-5-11-6-8-12(9-7-11)15-10-14(2,18)13(16)17/h6-9,15,18H,3-5,10H2,1-2H3,(H,16,17). The molecule has 1 unspecified atom stereocenters. The molecule has 100 valence electrons. The van der Waals surface area contributed by atoms with Gasteiger partial charge in [0.25, 0.3) is 0 Å². The Morgan fingerprint density at radius 2 is 1.94 bits per heavy atom. The monoisotopic (exact) mass is 251 g/mol. The summed E-state index contributed by atoms with van der Waals surface area (Å²) in [4.78, 5) is 10.7. The average Bonchev–Trinajstić information content (AvgIpc) is 2.35. The van der Waals surface area contributed by atoms with E-state index in [9.17, 15) is 9.90 Å². The van der Waals surface area contributed by atoms with E-state index in [1.54, 1.807) is 0 Å². The van der Waals surface area contributed by atoms with Gasteiger partial charge in [0.05, 0.1) is 6.54 Å². The molecule has 4 nitrogen and oxygen atoms in total. The van der Waals surface area contributed by atoms with Gasteiger partial charge in [0.1, 0.15) is 0 Å². The minimum atomic E-state index is -1.75. The van der Waals surface area contributed by atoms with Crippen molar-refractivity contribution in [1.29, 1.82) is 0 Å². The number of carboxylic acids is 1. The van der Waals surface area contributed by atoms with Gasteiger partial charge in [-0.05, 0) is 37.5 Å². The van der Waals surface area contributed by atoms with E-state index in [0.717, 1.165) is 12.1 Å². The minimum absolute atomic E-state index is 0.0172. The predicted molar refractivity (Wildman–Crippen MR) is 71.8 cm³/mol. The van der Waals surface area contributed by atoms with Crippen LogP contribution in [0.3, 0.4) is 0 Å². The Balaban J connectivity index is 2.51. The highest BCUT2D eigenvalue weighted by atomic mass is 16.4. The number of unbranched alkanes of at least 4 members (excludes halogenated alkanes) is 1. The van der Waals surface area contributed by atoms with Gasteiger partial charge in [-0.2, -0.15) is 0 Å². The molecule has 0 heterocycles. The number of benzene rings is 1. The quantitative estimate of drug-likeness (QED) is 0.695. The lowest BCUT2D eigenvalue weighted by atomic mass is 10.1. The molecule has 4 heteroatoms. The van der Waals surface area contributed by atoms with Crippen molar-refractivity contribution in [2.75, 3.05) is 11.9 Å². The molecule has 0 amide bonds. The van der Waals surface area contributed by atoms with Crippen LogP contribution in [0, 0.1) is 0 Å². The second-order valence-corrected chi connectivity index (χ2v) is 4.73. The topological polar surface area (TPSA) is 69.6 Å². The molecule has 0 bridgehead atoms. The Hall–Kier alpha value is -1.55. The number of hydrogen-bond donors (Lipinski definition) is 3. The summed E-state index contributed by atoms with van der Waals surface area (Å²) in [5.74, 6) is -1.23. The fourth-order valence-corrected chi connectivity index (χ4v) is 1.52. The van der Waals surface area contributed by atoms with Gasteiger partial charge in [-0.3, -0.25) is 0 Å². The van der Waals surface area contributed by atoms with E-state index in [1.807, 2.05) is 24.3 Å². The maximum atomic E-state index is 10.7. The highest BCUT2D eigenvalue weighted by Crippen LogP contribution is 2.13. The van der Waals surface area contributed by atoms with Gasteiger partial charge in [-0.15, -0.1) is 0 Å². The van der Waals surface area contributed by atoms with E-state index in [-0.39, 0.29) is 6.54 Å². The fraction of sp³-hybridized carbons (Fsp3) is 0.500. The van der Waals surface area contributed by atoms with Crippen molar-refractivity contribution in [2.45, 2.75) is 38.7 Å². The molecule has 0 aliphatic carbocycles. The summed E-state index contributed by atoms with van der Waals surface area (Å²) in [7, 11) is 0. The van der Waals surface area contributed by atoms with Gasteiger partial charge in [0.2, 0.25) is 0 Å². The van der Waals surface area contributed by atoms with Gasteiger partial charge in [0, 0.05) is 5.69 Å². The van der Waals surface area contributed by atoms with Crippen LogP contribution >= 0.6 is 0 Å². The molecule has 1 atom stereocenters. The van der Waals surface area contributed by atoms with Crippen molar-refractivity contribution >= 4 is 11.7 Å². The molecule has 0 aliphatic heterocycles. The third-order valence-corrected chi connectivity index (χ3v) is 2.87. The number of hydrogen-bond acceptors (Lipinski definition) is 3. The highest BCUT2D eigenvalue weighted by Gasteiger charge is 2.29. The lowest BCUT2D eigenvalue weighted by Crippen LogP contribution is -2.41. The van der Waals surface area contributed by atoms with E-state index >= 15 is 0 Å². The summed E-state index contributed by atoms with van der Waals surface area (Å²) in [5.41, 5.74) is 0.338. The smallest absolute Gasteiger partial charge is 0.337 e. The van der Waals surface area contributed by atoms with Crippen LogP contribution in [0.1, 0.15) is 32.3 Å². The Kier molecular flexibility index (Phi) is 5.16. The third-order valence-electron chi connectivity index (χ3n) is 2.87. The van der Waals surface area contributed by atoms with Crippen molar-refractivity contribution in [1.82, 2.24) is 0 Å². The maximum Gasteiger partial charge on any atom is 0.337 e. The molecule has 1 rings (SSSR count).